The van der Waals surface area contributed by atoms with Crippen LogP contribution >= 0.6 is 0 Å². The van der Waals surface area contributed by atoms with Crippen LogP contribution in [0.25, 0.3) is 179 Å². The van der Waals surface area contributed by atoms with Crippen molar-refractivity contribution in [1.82, 2.24) is 70.0 Å². The Hall–Kier alpha value is -17.1. The number of nitrogens with zero attached hydrogens (tertiary/aromatic N) is 14. The van der Waals surface area contributed by atoms with Gasteiger partial charge in [0.05, 0.1) is 56.2 Å². The van der Waals surface area contributed by atoms with Crippen molar-refractivity contribution in [2.75, 3.05) is 0 Å². The molecule has 5 N–H and O–H groups in total. The van der Waals surface area contributed by atoms with Gasteiger partial charge < -0.3 is 35.7 Å². The normalized spacial score (nSPS) is 10.4. The third-order valence-electron chi connectivity index (χ3n) is 22.2. The van der Waals surface area contributed by atoms with Crippen molar-refractivity contribution in [1.29, 1.82) is 0 Å². The number of hydrogen-bond acceptors (Lipinski definition) is 18. The second kappa shape index (κ2) is 52.4. The minimum Gasteiger partial charge on any atom is -0.573 e. The molecule has 3 radical (unpaired) electrons. The molecule has 0 unspecified atom stereocenters. The van der Waals surface area contributed by atoms with E-state index in [-0.39, 0.29) is 114 Å². The van der Waals surface area contributed by atoms with Gasteiger partial charge in [-0.25, -0.2) is 34.9 Å². The molecule has 0 aliphatic carbocycles. The smallest absolute Gasteiger partial charge is 0.573 e. The number of aromatic nitrogens is 14. The average Bonchev–Trinajstić information content (AvgIpc) is 0.891. The zero-order valence-electron chi connectivity index (χ0n) is 79.0. The fraction of sp³-hybridized carbons (Fsp3) is 0.0328. The van der Waals surface area contributed by atoms with Crippen molar-refractivity contribution in [2.24, 2.45) is 0 Å². The van der Waals surface area contributed by atoms with Crippen LogP contribution < -0.4 is 5.10 Å². The molecule has 0 saturated heterocycles. The van der Waals surface area contributed by atoms with Gasteiger partial charge in [0.25, 0.3) is 0 Å². The van der Waals surface area contributed by atoms with E-state index in [1.165, 1.54) is 24.3 Å². The van der Waals surface area contributed by atoms with Gasteiger partial charge in [0.1, 0.15) is 28.6 Å². The Bertz CT molecular complexity index is 8100. The number of para-hydroxylation sites is 2. The van der Waals surface area contributed by atoms with E-state index < -0.39 is 17.9 Å². The van der Waals surface area contributed by atoms with Gasteiger partial charge in [0.2, 0.25) is 0 Å². The van der Waals surface area contributed by atoms with Crippen molar-refractivity contribution >= 4 is 61.5 Å². The van der Waals surface area contributed by atoms with Crippen LogP contribution in [0.1, 0.15) is 57.9 Å². The van der Waals surface area contributed by atoms with E-state index >= 15 is 0 Å². The molecule has 0 atom stereocenters. The van der Waals surface area contributed by atoms with E-state index in [4.69, 9.17) is 30.1 Å². The van der Waals surface area contributed by atoms with Crippen molar-refractivity contribution in [3.63, 3.8) is 0 Å². The molecule has 0 fully saturated rings. The average molecular weight is 2640 g/mol. The number of phenolic OH excluding ortho intramolecular Hbond substituents is 2. The standard InChI is InChI=1S/C28H17N3O2.C22H16N2O2.2C18H11N2.C17H11N.C12H14N3.C7H5NO4.4Ir/c32-28(33)27-17-7-14-24(31-27)21-11-4-10-20(18-21)23-13-6-16-26(30-23)25-15-5-12-22(29-25)19-8-2-1-3-9-19;25-21-13-3-1-7-15(21)17-9-5-11-19(23-17)20-12-6-10-18(24-20)16-8-2-4-14-22(16)26;2*1-2-5-13(6-3-1)16-11-10-15-9-8-14-7-4-12-19-17(14)18(15)20-16;1-2-7-14(8-3-1)15-9-6-10-16(13-15)17-11-4-5-12-18-17;1-12(2,3)11-8-10(14-15-11)9-6-4-5-7-13-9;9-6(10)4-2-1-3-5(8-4)7(11)12;;;;/h1-8,10-17H,(H,32,33);1-14,25-26H;2*1-5,7-12H;1-7,9-12H;4-8H,1-3H3;1-3H,(H,9,10)(H,11,12);;;;/q-2;;2*-1;-2;-1;;;;;+3. The Morgan fingerprint density at radius 1 is 0.257 bits per heavy atom. The summed E-state index contributed by atoms with van der Waals surface area (Å²) < 4.78 is 0. The van der Waals surface area contributed by atoms with Gasteiger partial charge in [-0.2, -0.15) is 42.0 Å². The van der Waals surface area contributed by atoms with E-state index in [1.54, 1.807) is 48.8 Å². The SMILES string of the molecule is CC(C)(C)c1cc(-c2ccccn2)[n-]n1.O=C(O)c1cccc(-c2[c-]c(-c3cccc(-c4cccc(-c5[c-]cccc5)n4)n3)ccc2)n1.O=C(O)c1cccc(C(=O)O)n1.Oc1ccccc1-c1cccc(-c2cccc(-c3ccccc3O)n2)n1.[Ir+3].[Ir].[Ir].[Ir].[c-]1ccccc1-c1[c-]c(-c2ccccn2)ccc1.[c-]1ccccc1-c1ccc2ccc3cccnc3c2n1.[c-]1ccccc1-c1ccc2ccc3cccnc3c2n1. The predicted molar refractivity (Wildman–Crippen MR) is 561 cm³/mol. The summed E-state index contributed by atoms with van der Waals surface area (Å²) in [5, 5.41) is 59.0. The zero-order valence-corrected chi connectivity index (χ0v) is 88.6. The number of phenols is 2. The Morgan fingerprint density at radius 3 is 0.966 bits per heavy atom. The van der Waals surface area contributed by atoms with Crippen LogP contribution in [0.15, 0.2) is 431 Å². The minimum atomic E-state index is -1.24. The van der Waals surface area contributed by atoms with Crippen LogP contribution in [0.2, 0.25) is 0 Å². The number of carbonyl (C=O) groups is 3. The van der Waals surface area contributed by atoms with Gasteiger partial charge in [-0.1, -0.05) is 201 Å². The first-order chi connectivity index (χ1) is 70.3. The maximum atomic E-state index is 11.3. The largest absolute Gasteiger partial charge is 3.00 e. The minimum absolute atomic E-state index is 0. The molecule has 23 aromatic rings. The Balaban J connectivity index is 0.000000146. The molecule has 0 bridgehead atoms. The number of rotatable bonds is 15. The van der Waals surface area contributed by atoms with Gasteiger partial charge in [0, 0.05) is 152 Å². The molecule has 148 heavy (non-hydrogen) atoms. The van der Waals surface area contributed by atoms with Gasteiger partial charge in [0.15, 0.2) is 0 Å². The molecule has 13 heterocycles. The fourth-order valence-electron chi connectivity index (χ4n) is 15.0. The quantitative estimate of drug-likeness (QED) is 0.0470. The summed E-state index contributed by atoms with van der Waals surface area (Å²) in [5.74, 6) is -3.16. The number of carboxylic acids is 3. The Morgan fingerprint density at radius 2 is 0.561 bits per heavy atom. The second-order valence-electron chi connectivity index (χ2n) is 33.1. The van der Waals surface area contributed by atoms with Crippen LogP contribution in [0, 0.1) is 36.4 Å². The summed E-state index contributed by atoms with van der Waals surface area (Å²) in [4.78, 5) is 85.5. The molecule has 0 aliphatic heterocycles. The van der Waals surface area contributed by atoms with Crippen LogP contribution in [-0.2, 0) is 85.8 Å². The van der Waals surface area contributed by atoms with Crippen molar-refractivity contribution in [3.8, 4) is 147 Å². The molecule has 22 nitrogen and oxygen atoms in total. The summed E-state index contributed by atoms with van der Waals surface area (Å²) in [6.45, 7) is 6.37. The molecule has 13 aromatic heterocycles. The summed E-state index contributed by atoms with van der Waals surface area (Å²) in [6.07, 6.45) is 7.18. The number of carboxylic acid groups (broad SMARTS) is 3. The van der Waals surface area contributed by atoms with E-state index in [0.717, 1.165) is 139 Å². The maximum Gasteiger partial charge on any atom is 3.00 e. The molecule has 0 aliphatic rings. The number of aromatic carboxylic acids is 3. The van der Waals surface area contributed by atoms with Gasteiger partial charge in [-0.15, -0.1) is 156 Å². The van der Waals surface area contributed by atoms with Crippen LogP contribution in [0.5, 0.6) is 11.5 Å². The molecule has 0 saturated carbocycles. The molecule has 10 aromatic carbocycles. The van der Waals surface area contributed by atoms with E-state index in [1.807, 2.05) is 310 Å². The van der Waals surface area contributed by atoms with Crippen molar-refractivity contribution < 1.29 is 120 Å². The maximum absolute atomic E-state index is 11.3. The van der Waals surface area contributed by atoms with E-state index in [2.05, 4.69) is 156 Å². The predicted octanol–water partition coefficient (Wildman–Crippen LogP) is 26.1. The van der Waals surface area contributed by atoms with Gasteiger partial charge in [-0.3, -0.25) is 44.9 Å². The summed E-state index contributed by atoms with van der Waals surface area (Å²) in [5.41, 5.74) is 24.0. The summed E-state index contributed by atoms with van der Waals surface area (Å²) >= 11 is 0. The fourth-order valence-corrected chi connectivity index (χ4v) is 15.0. The third-order valence-corrected chi connectivity index (χ3v) is 22.2. The monoisotopic (exact) mass is 2650 g/mol. The summed E-state index contributed by atoms with van der Waals surface area (Å²) in [6, 6.07) is 147. The van der Waals surface area contributed by atoms with E-state index in [0.29, 0.717) is 45.2 Å². The summed E-state index contributed by atoms with van der Waals surface area (Å²) in [7, 11) is 0. The molecular formula is C122H85Ir4N14O8-4. The number of fused-ring (bicyclic) bond motifs is 6. The number of aromatic hydroxyl groups is 2. The number of hydrogen-bond donors (Lipinski definition) is 5. The molecule has 731 valence electrons. The third kappa shape index (κ3) is 28.1. The molecule has 0 amide bonds. The van der Waals surface area contributed by atoms with E-state index in [9.17, 15) is 29.7 Å². The first-order valence-electron chi connectivity index (χ1n) is 45.5. The van der Waals surface area contributed by atoms with Crippen LogP contribution in [0.4, 0.5) is 0 Å². The molecule has 0 spiro atoms. The molecule has 26 heteroatoms. The second-order valence-corrected chi connectivity index (χ2v) is 33.1. The van der Waals surface area contributed by atoms with Crippen molar-refractivity contribution in [2.45, 2.75) is 26.2 Å². The topological polar surface area (TPSA) is 334 Å². The van der Waals surface area contributed by atoms with Crippen molar-refractivity contribution in [3.05, 3.63) is 490 Å². The zero-order chi connectivity index (χ0) is 99.5. The first kappa shape index (κ1) is 108. The Labute approximate surface area is 907 Å². The number of pyridine rings is 12. The van der Waals surface area contributed by atoms with Crippen LogP contribution in [0.3, 0.4) is 0 Å². The molecular weight excluding hydrogens is 2560 g/mol. The number of benzene rings is 10. The van der Waals surface area contributed by atoms with Gasteiger partial charge in [-0.05, 0) is 126 Å². The first-order valence-corrected chi connectivity index (χ1v) is 45.5. The molecule has 23 rings (SSSR count). The Kier molecular flexibility index (Phi) is 38.3. The van der Waals surface area contributed by atoms with Crippen LogP contribution in [-0.4, -0.2) is 108 Å². The van der Waals surface area contributed by atoms with Gasteiger partial charge >= 0.3 is 38.0 Å².